The van der Waals surface area contributed by atoms with Crippen LogP contribution in [0.25, 0.3) is 5.57 Å². The van der Waals surface area contributed by atoms with E-state index in [1.165, 1.54) is 11.6 Å². The summed E-state index contributed by atoms with van der Waals surface area (Å²) in [5, 5.41) is 15.1. The zero-order valence-electron chi connectivity index (χ0n) is 12.6. The molecule has 7 heteroatoms. The Hall–Kier alpha value is -2.70. The van der Waals surface area contributed by atoms with Gasteiger partial charge in [0, 0.05) is 38.0 Å². The molecule has 0 atom stereocenters. The van der Waals surface area contributed by atoms with Gasteiger partial charge in [0.1, 0.15) is 11.5 Å². The number of hydrogen-bond acceptors (Lipinski definition) is 5. The van der Waals surface area contributed by atoms with Crippen LogP contribution in [0.1, 0.15) is 17.7 Å². The van der Waals surface area contributed by atoms with Crippen LogP contribution >= 0.6 is 0 Å². The maximum atomic E-state index is 10.9. The standard InChI is InChI=1S/C15H17N5O2/c1-11-14(20(21)22)5-6-15(17-11)19-7-3-4-12(10-19)13-8-16-18(2)9-13/h4-6,8-9H,3,7,10H2,1-2H3. The first-order chi connectivity index (χ1) is 10.5. The van der Waals surface area contributed by atoms with Gasteiger partial charge in [0.25, 0.3) is 5.69 Å². The van der Waals surface area contributed by atoms with Crippen molar-refractivity contribution in [2.75, 3.05) is 18.0 Å². The van der Waals surface area contributed by atoms with Crippen molar-refractivity contribution in [3.8, 4) is 0 Å². The van der Waals surface area contributed by atoms with Gasteiger partial charge in [0.05, 0.1) is 11.1 Å². The molecule has 0 aromatic carbocycles. The fraction of sp³-hybridized carbons (Fsp3) is 0.333. The minimum Gasteiger partial charge on any atom is -0.352 e. The number of anilines is 1. The van der Waals surface area contributed by atoms with Crippen molar-refractivity contribution < 1.29 is 4.92 Å². The average molecular weight is 299 g/mol. The summed E-state index contributed by atoms with van der Waals surface area (Å²) in [6, 6.07) is 3.25. The zero-order valence-corrected chi connectivity index (χ0v) is 12.6. The van der Waals surface area contributed by atoms with Crippen molar-refractivity contribution in [3.63, 3.8) is 0 Å². The molecule has 1 aliphatic rings. The SMILES string of the molecule is Cc1nc(N2CCC=C(c3cnn(C)c3)C2)ccc1[N+](=O)[O-]. The smallest absolute Gasteiger partial charge is 0.290 e. The van der Waals surface area contributed by atoms with E-state index < -0.39 is 4.92 Å². The second kappa shape index (κ2) is 5.59. The highest BCUT2D eigenvalue weighted by Crippen LogP contribution is 2.26. The molecule has 0 aliphatic carbocycles. The molecule has 0 fully saturated rings. The van der Waals surface area contributed by atoms with Gasteiger partial charge in [-0.25, -0.2) is 4.98 Å². The molecular formula is C15H17N5O2. The third kappa shape index (κ3) is 2.69. The van der Waals surface area contributed by atoms with Crippen LogP contribution in [0.2, 0.25) is 0 Å². The highest BCUT2D eigenvalue weighted by molar-refractivity contribution is 5.70. The van der Waals surface area contributed by atoms with Crippen molar-refractivity contribution in [2.45, 2.75) is 13.3 Å². The largest absolute Gasteiger partial charge is 0.352 e. The van der Waals surface area contributed by atoms with E-state index in [4.69, 9.17) is 0 Å². The molecule has 0 saturated heterocycles. The van der Waals surface area contributed by atoms with Gasteiger partial charge >= 0.3 is 0 Å². The summed E-state index contributed by atoms with van der Waals surface area (Å²) in [5.74, 6) is 0.776. The Labute approximate surface area is 128 Å². The van der Waals surface area contributed by atoms with Crippen LogP contribution < -0.4 is 4.90 Å². The monoisotopic (exact) mass is 299 g/mol. The van der Waals surface area contributed by atoms with Gasteiger partial charge in [-0.15, -0.1) is 0 Å². The normalized spacial score (nSPS) is 14.8. The van der Waals surface area contributed by atoms with Gasteiger partial charge in [-0.1, -0.05) is 6.08 Å². The minimum absolute atomic E-state index is 0.0591. The summed E-state index contributed by atoms with van der Waals surface area (Å²) >= 11 is 0. The summed E-state index contributed by atoms with van der Waals surface area (Å²) in [5.41, 5.74) is 2.81. The second-order valence-corrected chi connectivity index (χ2v) is 5.37. The minimum atomic E-state index is -0.400. The lowest BCUT2D eigenvalue weighted by atomic mass is 10.0. The van der Waals surface area contributed by atoms with Crippen molar-refractivity contribution >= 4 is 17.1 Å². The molecule has 2 aromatic rings. The quantitative estimate of drug-likeness (QED) is 0.642. The first-order valence-electron chi connectivity index (χ1n) is 7.09. The van der Waals surface area contributed by atoms with Crippen LogP contribution in [-0.2, 0) is 7.05 Å². The molecule has 0 saturated carbocycles. The van der Waals surface area contributed by atoms with E-state index in [0.29, 0.717) is 5.69 Å². The summed E-state index contributed by atoms with van der Waals surface area (Å²) in [4.78, 5) is 17.0. The summed E-state index contributed by atoms with van der Waals surface area (Å²) < 4.78 is 1.78. The van der Waals surface area contributed by atoms with Crippen LogP contribution in [0, 0.1) is 17.0 Å². The van der Waals surface area contributed by atoms with Gasteiger partial charge in [-0.2, -0.15) is 5.10 Å². The molecule has 0 spiro atoms. The molecule has 1 aliphatic heterocycles. The average Bonchev–Trinajstić information content (AvgIpc) is 2.93. The molecule has 114 valence electrons. The Morgan fingerprint density at radius 1 is 1.36 bits per heavy atom. The number of aryl methyl sites for hydroxylation is 2. The molecule has 3 rings (SSSR count). The van der Waals surface area contributed by atoms with E-state index in [9.17, 15) is 10.1 Å². The molecule has 0 N–H and O–H groups in total. The predicted molar refractivity (Wildman–Crippen MR) is 83.6 cm³/mol. The van der Waals surface area contributed by atoms with E-state index in [1.54, 1.807) is 17.7 Å². The topological polar surface area (TPSA) is 77.1 Å². The van der Waals surface area contributed by atoms with Crippen molar-refractivity contribution in [2.24, 2.45) is 7.05 Å². The first kappa shape index (κ1) is 14.2. The van der Waals surface area contributed by atoms with Gasteiger partial charge < -0.3 is 4.90 Å². The van der Waals surface area contributed by atoms with Crippen molar-refractivity contribution in [1.82, 2.24) is 14.8 Å². The van der Waals surface area contributed by atoms with E-state index in [-0.39, 0.29) is 5.69 Å². The van der Waals surface area contributed by atoms with Crippen LogP contribution in [0.4, 0.5) is 11.5 Å². The molecule has 0 radical (unpaired) electrons. The third-order valence-electron chi connectivity index (χ3n) is 3.79. The van der Waals surface area contributed by atoms with Gasteiger partial charge in [-0.3, -0.25) is 14.8 Å². The molecule has 0 unspecified atom stereocenters. The summed E-state index contributed by atoms with van der Waals surface area (Å²) in [7, 11) is 1.89. The number of nitro groups is 1. The zero-order chi connectivity index (χ0) is 15.7. The first-order valence-corrected chi connectivity index (χ1v) is 7.09. The van der Waals surface area contributed by atoms with Crippen LogP contribution in [0.5, 0.6) is 0 Å². The van der Waals surface area contributed by atoms with E-state index >= 15 is 0 Å². The fourth-order valence-electron chi connectivity index (χ4n) is 2.65. The Balaban J connectivity index is 1.83. The number of aromatic nitrogens is 3. The fourth-order valence-corrected chi connectivity index (χ4v) is 2.65. The van der Waals surface area contributed by atoms with Crippen molar-refractivity contribution in [1.29, 1.82) is 0 Å². The highest BCUT2D eigenvalue weighted by atomic mass is 16.6. The molecular weight excluding hydrogens is 282 g/mol. The maximum absolute atomic E-state index is 10.9. The number of nitrogens with zero attached hydrogens (tertiary/aromatic N) is 5. The molecule has 0 bridgehead atoms. The van der Waals surface area contributed by atoms with E-state index in [0.717, 1.165) is 30.9 Å². The van der Waals surface area contributed by atoms with Crippen LogP contribution in [0.15, 0.2) is 30.6 Å². The predicted octanol–water partition coefficient (Wildman–Crippen LogP) is 2.33. The third-order valence-corrected chi connectivity index (χ3v) is 3.79. The van der Waals surface area contributed by atoms with Gasteiger partial charge in [0.15, 0.2) is 0 Å². The number of hydrogen-bond donors (Lipinski definition) is 0. The van der Waals surface area contributed by atoms with Crippen LogP contribution in [-0.4, -0.2) is 32.8 Å². The number of pyridine rings is 1. The van der Waals surface area contributed by atoms with Crippen molar-refractivity contribution in [3.05, 3.63) is 52.0 Å². The van der Waals surface area contributed by atoms with E-state index in [2.05, 4.69) is 21.1 Å². The second-order valence-electron chi connectivity index (χ2n) is 5.37. The molecule has 3 heterocycles. The lowest BCUT2D eigenvalue weighted by Gasteiger charge is -2.28. The lowest BCUT2D eigenvalue weighted by Crippen LogP contribution is -2.30. The summed E-state index contributed by atoms with van der Waals surface area (Å²) in [6.45, 7) is 3.26. The Morgan fingerprint density at radius 2 is 2.18 bits per heavy atom. The number of rotatable bonds is 3. The van der Waals surface area contributed by atoms with Gasteiger partial charge in [-0.05, 0) is 25.0 Å². The molecule has 2 aromatic heterocycles. The Kier molecular flexibility index (Phi) is 3.62. The molecule has 22 heavy (non-hydrogen) atoms. The van der Waals surface area contributed by atoms with Crippen LogP contribution in [0.3, 0.4) is 0 Å². The Bertz CT molecular complexity index is 750. The maximum Gasteiger partial charge on any atom is 0.290 e. The summed E-state index contributed by atoms with van der Waals surface area (Å²) in [6.07, 6.45) is 6.97. The molecule has 0 amide bonds. The molecule has 7 nitrogen and oxygen atoms in total. The lowest BCUT2D eigenvalue weighted by molar-refractivity contribution is -0.385. The van der Waals surface area contributed by atoms with Gasteiger partial charge in [0.2, 0.25) is 0 Å². The Morgan fingerprint density at radius 3 is 2.82 bits per heavy atom. The van der Waals surface area contributed by atoms with E-state index in [1.807, 2.05) is 19.4 Å². The highest BCUT2D eigenvalue weighted by Gasteiger charge is 2.19.